The summed E-state index contributed by atoms with van der Waals surface area (Å²) in [6, 6.07) is 0. The lowest BCUT2D eigenvalue weighted by molar-refractivity contribution is -0.433. The van der Waals surface area contributed by atoms with Gasteiger partial charge in [-0.05, 0) is 18.8 Å². The molecular formula is C10H12F2O8S2. The van der Waals surface area contributed by atoms with Crippen LogP contribution in [0.4, 0.5) is 8.78 Å². The fraction of sp³-hybridized carbons (Fsp3) is 0.900. The van der Waals surface area contributed by atoms with E-state index in [0.717, 1.165) is 0 Å². The summed E-state index contributed by atoms with van der Waals surface area (Å²) >= 11 is -0.724. The van der Waals surface area contributed by atoms with Gasteiger partial charge in [0.1, 0.15) is 12.0 Å². The van der Waals surface area contributed by atoms with Gasteiger partial charge < -0.3 is 4.74 Å². The first kappa shape index (κ1) is 16.3. The van der Waals surface area contributed by atoms with Gasteiger partial charge in [-0.1, -0.05) is 5.04 Å². The first-order valence-corrected chi connectivity index (χ1v) is 8.60. The van der Waals surface area contributed by atoms with Gasteiger partial charge in [-0.15, -0.1) is 4.33 Å². The Morgan fingerprint density at radius 3 is 2.82 bits per heavy atom. The molecule has 0 spiro atoms. The van der Waals surface area contributed by atoms with Crippen LogP contribution in [0.5, 0.6) is 0 Å². The average Bonchev–Trinajstić information content (AvgIpc) is 3.03. The molecule has 3 fully saturated rings. The molecule has 5 unspecified atom stereocenters. The summed E-state index contributed by atoms with van der Waals surface area (Å²) in [7, 11) is -3.74. The van der Waals surface area contributed by atoms with Crippen LogP contribution in [0.25, 0.3) is 0 Å². The second-order valence-corrected chi connectivity index (χ2v) is 8.03. The molecule has 5 atom stereocenters. The van der Waals surface area contributed by atoms with Gasteiger partial charge in [-0.25, -0.2) is 10.1 Å². The maximum atomic E-state index is 13.2. The van der Waals surface area contributed by atoms with Crippen LogP contribution in [0.15, 0.2) is 0 Å². The van der Waals surface area contributed by atoms with Crippen molar-refractivity contribution in [3.8, 4) is 0 Å². The number of carbonyl (C=O) groups is 1. The van der Waals surface area contributed by atoms with Crippen molar-refractivity contribution < 1.29 is 45.5 Å². The van der Waals surface area contributed by atoms with E-state index in [-0.39, 0.29) is 17.9 Å². The van der Waals surface area contributed by atoms with Crippen LogP contribution in [-0.2, 0) is 33.2 Å². The van der Waals surface area contributed by atoms with Crippen molar-refractivity contribution >= 4 is 28.1 Å². The summed E-state index contributed by atoms with van der Waals surface area (Å²) in [6.07, 6.45) is 0.817. The SMILES string of the molecule is O=C(OCC1C2CC3OS(=O)(=O)C1C3C2)C(F)(F)SOOO. The fourth-order valence-corrected chi connectivity index (χ4v) is 6.09. The molecular weight excluding hydrogens is 350 g/mol. The third kappa shape index (κ3) is 2.61. The number of fused-ring (bicyclic) bond motifs is 1. The highest BCUT2D eigenvalue weighted by molar-refractivity contribution is 7.96. The van der Waals surface area contributed by atoms with E-state index in [9.17, 15) is 22.0 Å². The van der Waals surface area contributed by atoms with Gasteiger partial charge in [0, 0.05) is 11.8 Å². The van der Waals surface area contributed by atoms with Gasteiger partial charge in [0.2, 0.25) is 0 Å². The van der Waals surface area contributed by atoms with Crippen LogP contribution in [0.1, 0.15) is 12.8 Å². The third-order valence-corrected chi connectivity index (χ3v) is 6.83. The van der Waals surface area contributed by atoms with Crippen molar-refractivity contribution in [2.24, 2.45) is 17.8 Å². The molecule has 3 rings (SSSR count). The van der Waals surface area contributed by atoms with Crippen molar-refractivity contribution in [1.82, 2.24) is 0 Å². The number of esters is 1. The van der Waals surface area contributed by atoms with Crippen LogP contribution in [0, 0.1) is 17.8 Å². The van der Waals surface area contributed by atoms with Crippen molar-refractivity contribution in [3.63, 3.8) is 0 Å². The minimum Gasteiger partial charge on any atom is -0.460 e. The monoisotopic (exact) mass is 362 g/mol. The standard InChI is InChI=1S/C10H12F2O8S2/c11-10(12,21-20-19-14)9(13)17-3-6-4-1-5-7(2-4)18-22(15,16)8(5)6/h4-8,14H,1-3H2. The smallest absolute Gasteiger partial charge is 0.415 e. The summed E-state index contributed by atoms with van der Waals surface area (Å²) in [5.41, 5.74) is 0. The van der Waals surface area contributed by atoms with Crippen molar-refractivity contribution in [3.05, 3.63) is 0 Å². The van der Waals surface area contributed by atoms with Crippen molar-refractivity contribution in [1.29, 1.82) is 0 Å². The lowest BCUT2D eigenvalue weighted by Crippen LogP contribution is -2.37. The Morgan fingerprint density at radius 2 is 2.14 bits per heavy atom. The molecule has 0 amide bonds. The summed E-state index contributed by atoms with van der Waals surface area (Å²) in [4.78, 5) is 11.3. The van der Waals surface area contributed by atoms with Gasteiger partial charge in [0.15, 0.2) is 0 Å². The second kappa shape index (κ2) is 5.53. The van der Waals surface area contributed by atoms with Gasteiger partial charge in [-0.2, -0.15) is 17.2 Å². The van der Waals surface area contributed by atoms with E-state index < -0.39 is 51.2 Å². The normalized spacial score (nSPS) is 38.4. The highest BCUT2D eigenvalue weighted by atomic mass is 32.2. The zero-order valence-corrected chi connectivity index (χ0v) is 12.5. The molecule has 12 heteroatoms. The number of hydrogen-bond acceptors (Lipinski definition) is 9. The summed E-state index contributed by atoms with van der Waals surface area (Å²) in [5.74, 6) is -2.62. The highest BCUT2D eigenvalue weighted by Gasteiger charge is 2.64. The van der Waals surface area contributed by atoms with Crippen molar-refractivity contribution in [2.75, 3.05) is 6.61 Å². The molecule has 0 aromatic rings. The molecule has 1 heterocycles. The molecule has 3 aliphatic rings. The molecule has 126 valence electrons. The molecule has 1 N–H and O–H groups in total. The van der Waals surface area contributed by atoms with Crippen LogP contribution in [0.3, 0.4) is 0 Å². The molecule has 1 aliphatic heterocycles. The van der Waals surface area contributed by atoms with Crippen LogP contribution >= 0.6 is 12.0 Å². The number of hydrogen-bond donors (Lipinski definition) is 1. The summed E-state index contributed by atoms with van der Waals surface area (Å²) < 4.78 is 63.3. The zero-order valence-electron chi connectivity index (χ0n) is 10.9. The van der Waals surface area contributed by atoms with E-state index >= 15 is 0 Å². The molecule has 0 aromatic carbocycles. The van der Waals surface area contributed by atoms with E-state index in [1.54, 1.807) is 0 Å². The molecule has 2 bridgehead atoms. The molecule has 0 radical (unpaired) electrons. The van der Waals surface area contributed by atoms with E-state index in [1.165, 1.54) is 0 Å². The Balaban J connectivity index is 1.62. The van der Waals surface area contributed by atoms with Crippen molar-refractivity contribution in [2.45, 2.75) is 29.5 Å². The van der Waals surface area contributed by atoms with Gasteiger partial charge in [-0.3, -0.25) is 4.18 Å². The first-order chi connectivity index (χ1) is 10.3. The molecule has 22 heavy (non-hydrogen) atoms. The Labute approximate surface area is 128 Å². The van der Waals surface area contributed by atoms with E-state index in [0.29, 0.717) is 12.8 Å². The quantitative estimate of drug-likeness (QED) is 0.243. The minimum atomic E-state index is -4.09. The number of alkyl halides is 2. The largest absolute Gasteiger partial charge is 0.460 e. The van der Waals surface area contributed by atoms with Gasteiger partial charge in [0.25, 0.3) is 10.1 Å². The molecule has 2 saturated carbocycles. The minimum absolute atomic E-state index is 0.0247. The first-order valence-electron chi connectivity index (χ1n) is 6.39. The fourth-order valence-electron chi connectivity index (χ4n) is 3.71. The molecule has 2 aliphatic carbocycles. The average molecular weight is 362 g/mol. The second-order valence-electron chi connectivity index (χ2n) is 5.49. The van der Waals surface area contributed by atoms with Crippen LogP contribution < -0.4 is 0 Å². The molecule has 1 saturated heterocycles. The maximum Gasteiger partial charge on any atom is 0.415 e. The van der Waals surface area contributed by atoms with Crippen LogP contribution in [-0.4, -0.2) is 42.9 Å². The number of rotatable bonds is 6. The Kier molecular flexibility index (Phi) is 4.10. The lowest BCUT2D eigenvalue weighted by Gasteiger charge is -2.24. The number of ether oxygens (including phenoxy) is 1. The Hall–Kier alpha value is -0.530. The topological polar surface area (TPSA) is 108 Å². The van der Waals surface area contributed by atoms with E-state index in [4.69, 9.17) is 9.44 Å². The Bertz CT molecular complexity index is 565. The summed E-state index contributed by atoms with van der Waals surface area (Å²) in [6.45, 7) is -0.434. The highest BCUT2D eigenvalue weighted by Crippen LogP contribution is 2.57. The molecule has 8 nitrogen and oxygen atoms in total. The lowest BCUT2D eigenvalue weighted by atomic mass is 9.87. The predicted octanol–water partition coefficient (Wildman–Crippen LogP) is 0.945. The van der Waals surface area contributed by atoms with E-state index in [2.05, 4.69) is 14.1 Å². The maximum absolute atomic E-state index is 13.2. The van der Waals surface area contributed by atoms with E-state index in [1.807, 2.05) is 0 Å². The molecule has 0 aromatic heterocycles. The Morgan fingerprint density at radius 1 is 1.41 bits per heavy atom. The predicted molar refractivity (Wildman–Crippen MR) is 65.6 cm³/mol. The van der Waals surface area contributed by atoms with Gasteiger partial charge in [0.05, 0.1) is 18.0 Å². The zero-order chi connectivity index (χ0) is 16.1. The summed E-state index contributed by atoms with van der Waals surface area (Å²) in [5, 5.41) is 5.91. The third-order valence-electron chi connectivity index (χ3n) is 4.44. The van der Waals surface area contributed by atoms with Gasteiger partial charge >= 0.3 is 11.2 Å². The number of carbonyl (C=O) groups excluding carboxylic acids is 1. The van der Waals surface area contributed by atoms with Crippen LogP contribution in [0.2, 0.25) is 0 Å². The number of halogens is 2.